The highest BCUT2D eigenvalue weighted by atomic mass is 35.5. The second-order valence-corrected chi connectivity index (χ2v) is 4.57. The molecule has 2 rings (SSSR count). The van der Waals surface area contributed by atoms with Gasteiger partial charge in [-0.2, -0.15) is 0 Å². The van der Waals surface area contributed by atoms with Gasteiger partial charge in [-0.3, -0.25) is 4.90 Å². The molecule has 0 aromatic rings. The number of nitrogens with zero attached hydrogens (tertiary/aromatic N) is 1. The monoisotopic (exact) mass is 187 g/mol. The molecule has 68 valence electrons. The standard InChI is InChI=1S/C9H14ClNO/c1-7(10)4-11-5-9(12,6-11)8-2-3-8/h8,12H,1-6H2. The highest BCUT2D eigenvalue weighted by Gasteiger charge is 2.51. The quantitative estimate of drug-likeness (QED) is 0.718. The van der Waals surface area contributed by atoms with Crippen LogP contribution in [-0.4, -0.2) is 35.2 Å². The average Bonchev–Trinajstić information content (AvgIpc) is 2.62. The summed E-state index contributed by atoms with van der Waals surface area (Å²) in [5, 5.41) is 10.6. The molecule has 0 radical (unpaired) electrons. The van der Waals surface area contributed by atoms with Crippen LogP contribution in [0.15, 0.2) is 11.6 Å². The summed E-state index contributed by atoms with van der Waals surface area (Å²) in [6.45, 7) is 5.91. The summed E-state index contributed by atoms with van der Waals surface area (Å²) in [6, 6.07) is 0. The van der Waals surface area contributed by atoms with Crippen molar-refractivity contribution < 1.29 is 5.11 Å². The Balaban J connectivity index is 1.78. The number of hydrogen-bond acceptors (Lipinski definition) is 2. The molecule has 0 bridgehead atoms. The van der Waals surface area contributed by atoms with Crippen LogP contribution < -0.4 is 0 Å². The van der Waals surface area contributed by atoms with Crippen LogP contribution in [0.3, 0.4) is 0 Å². The second-order valence-electron chi connectivity index (χ2n) is 4.04. The van der Waals surface area contributed by atoms with Crippen molar-refractivity contribution in [3.63, 3.8) is 0 Å². The highest BCUT2D eigenvalue weighted by Crippen LogP contribution is 2.44. The number of β-amino-alcohol motifs (C(OH)–C–C–N with tert-alkyl or cyclic N) is 1. The maximum absolute atomic E-state index is 9.92. The van der Waals surface area contributed by atoms with E-state index in [0.29, 0.717) is 11.0 Å². The van der Waals surface area contributed by atoms with E-state index < -0.39 is 0 Å². The first-order valence-corrected chi connectivity index (χ1v) is 4.76. The minimum atomic E-state index is -0.383. The van der Waals surface area contributed by atoms with Gasteiger partial charge in [0.1, 0.15) is 0 Å². The maximum Gasteiger partial charge on any atom is 0.0928 e. The molecule has 0 unspecified atom stereocenters. The number of aliphatic hydroxyl groups is 1. The van der Waals surface area contributed by atoms with E-state index in [9.17, 15) is 5.11 Å². The van der Waals surface area contributed by atoms with Crippen molar-refractivity contribution in [3.05, 3.63) is 11.6 Å². The zero-order valence-electron chi connectivity index (χ0n) is 7.09. The van der Waals surface area contributed by atoms with Gasteiger partial charge in [-0.15, -0.1) is 0 Å². The van der Waals surface area contributed by atoms with E-state index in [0.717, 1.165) is 19.6 Å². The highest BCUT2D eigenvalue weighted by molar-refractivity contribution is 6.29. The lowest BCUT2D eigenvalue weighted by Gasteiger charge is -2.47. The molecule has 0 spiro atoms. The summed E-state index contributed by atoms with van der Waals surface area (Å²) in [5.41, 5.74) is -0.383. The Kier molecular flexibility index (Phi) is 1.94. The van der Waals surface area contributed by atoms with Crippen molar-refractivity contribution in [1.29, 1.82) is 0 Å². The van der Waals surface area contributed by atoms with Gasteiger partial charge in [0.05, 0.1) is 5.60 Å². The molecule has 0 atom stereocenters. The van der Waals surface area contributed by atoms with E-state index in [2.05, 4.69) is 11.5 Å². The van der Waals surface area contributed by atoms with Gasteiger partial charge in [0.2, 0.25) is 0 Å². The SMILES string of the molecule is C=C(Cl)CN1CC(O)(C2CC2)C1. The maximum atomic E-state index is 9.92. The van der Waals surface area contributed by atoms with Gasteiger partial charge in [0.25, 0.3) is 0 Å². The number of rotatable bonds is 3. The Morgan fingerprint density at radius 1 is 1.58 bits per heavy atom. The molecular weight excluding hydrogens is 174 g/mol. The molecule has 2 aliphatic rings. The molecule has 3 heteroatoms. The molecule has 0 amide bonds. The van der Waals surface area contributed by atoms with Crippen molar-refractivity contribution in [2.45, 2.75) is 18.4 Å². The van der Waals surface area contributed by atoms with Crippen LogP contribution in [0.25, 0.3) is 0 Å². The Bertz CT molecular complexity index is 207. The summed E-state index contributed by atoms with van der Waals surface area (Å²) in [5.74, 6) is 0.567. The molecule has 1 N–H and O–H groups in total. The van der Waals surface area contributed by atoms with Crippen LogP contribution in [0.1, 0.15) is 12.8 Å². The lowest BCUT2D eigenvalue weighted by atomic mass is 9.89. The Morgan fingerprint density at radius 2 is 2.17 bits per heavy atom. The smallest absolute Gasteiger partial charge is 0.0928 e. The Hall–Kier alpha value is -0.0500. The van der Waals surface area contributed by atoms with Crippen LogP contribution in [0.2, 0.25) is 0 Å². The molecule has 1 aliphatic heterocycles. The largest absolute Gasteiger partial charge is 0.387 e. The van der Waals surface area contributed by atoms with Gasteiger partial charge in [0.15, 0.2) is 0 Å². The van der Waals surface area contributed by atoms with E-state index in [1.165, 1.54) is 12.8 Å². The minimum Gasteiger partial charge on any atom is -0.387 e. The summed E-state index contributed by atoms with van der Waals surface area (Å²) < 4.78 is 0. The van der Waals surface area contributed by atoms with E-state index in [-0.39, 0.29) is 5.60 Å². The van der Waals surface area contributed by atoms with Gasteiger partial charge in [0, 0.05) is 24.7 Å². The molecule has 1 aliphatic carbocycles. The summed E-state index contributed by atoms with van der Waals surface area (Å²) in [7, 11) is 0. The van der Waals surface area contributed by atoms with E-state index in [4.69, 9.17) is 11.6 Å². The topological polar surface area (TPSA) is 23.5 Å². The third-order valence-corrected chi connectivity index (χ3v) is 2.85. The van der Waals surface area contributed by atoms with Crippen molar-refractivity contribution in [3.8, 4) is 0 Å². The zero-order chi connectivity index (χ0) is 8.77. The fourth-order valence-electron chi connectivity index (χ4n) is 1.96. The molecule has 2 nitrogen and oxygen atoms in total. The average molecular weight is 188 g/mol. The van der Waals surface area contributed by atoms with E-state index in [1.807, 2.05) is 0 Å². The van der Waals surface area contributed by atoms with Gasteiger partial charge >= 0.3 is 0 Å². The van der Waals surface area contributed by atoms with Gasteiger partial charge < -0.3 is 5.11 Å². The Morgan fingerprint density at radius 3 is 2.58 bits per heavy atom. The lowest BCUT2D eigenvalue weighted by Crippen LogP contribution is -2.63. The third kappa shape index (κ3) is 1.51. The zero-order valence-corrected chi connectivity index (χ0v) is 7.85. The summed E-state index contributed by atoms with van der Waals surface area (Å²) >= 11 is 5.66. The van der Waals surface area contributed by atoms with Gasteiger partial charge in [-0.25, -0.2) is 0 Å². The van der Waals surface area contributed by atoms with Crippen LogP contribution in [0.5, 0.6) is 0 Å². The molecule has 12 heavy (non-hydrogen) atoms. The molecular formula is C9H14ClNO. The first kappa shape index (κ1) is 8.54. The third-order valence-electron chi connectivity index (χ3n) is 2.73. The number of likely N-dealkylation sites (tertiary alicyclic amines) is 1. The van der Waals surface area contributed by atoms with E-state index >= 15 is 0 Å². The number of halogens is 1. The fourth-order valence-corrected chi connectivity index (χ4v) is 2.13. The first-order valence-electron chi connectivity index (χ1n) is 4.38. The van der Waals surface area contributed by atoms with Crippen LogP contribution >= 0.6 is 11.6 Å². The van der Waals surface area contributed by atoms with Crippen LogP contribution in [0.4, 0.5) is 0 Å². The van der Waals surface area contributed by atoms with Crippen molar-refractivity contribution >= 4 is 11.6 Å². The second kappa shape index (κ2) is 2.72. The molecule has 1 saturated heterocycles. The van der Waals surface area contributed by atoms with Crippen LogP contribution in [-0.2, 0) is 0 Å². The molecule has 0 aromatic heterocycles. The van der Waals surface area contributed by atoms with Crippen molar-refractivity contribution in [1.82, 2.24) is 4.90 Å². The molecule has 1 heterocycles. The molecule has 2 fully saturated rings. The van der Waals surface area contributed by atoms with Crippen LogP contribution in [0, 0.1) is 5.92 Å². The number of hydrogen-bond donors (Lipinski definition) is 1. The lowest BCUT2D eigenvalue weighted by molar-refractivity contribution is -0.108. The normalized spacial score (nSPS) is 28.2. The van der Waals surface area contributed by atoms with Gasteiger partial charge in [-0.05, 0) is 18.8 Å². The minimum absolute atomic E-state index is 0.383. The van der Waals surface area contributed by atoms with Gasteiger partial charge in [-0.1, -0.05) is 18.2 Å². The predicted octanol–water partition coefficient (Wildman–Crippen LogP) is 1.20. The summed E-state index contributed by atoms with van der Waals surface area (Å²) in [6.07, 6.45) is 2.40. The fraction of sp³-hybridized carbons (Fsp3) is 0.778. The van der Waals surface area contributed by atoms with E-state index in [1.54, 1.807) is 0 Å². The molecule has 1 saturated carbocycles. The first-order chi connectivity index (χ1) is 5.60. The van der Waals surface area contributed by atoms with Crippen molar-refractivity contribution in [2.75, 3.05) is 19.6 Å². The molecule has 0 aromatic carbocycles. The Labute approximate surface area is 77.8 Å². The van der Waals surface area contributed by atoms with Crippen molar-refractivity contribution in [2.24, 2.45) is 5.92 Å². The summed E-state index contributed by atoms with van der Waals surface area (Å²) in [4.78, 5) is 2.13. The predicted molar refractivity (Wildman–Crippen MR) is 49.1 cm³/mol.